The third-order valence-corrected chi connectivity index (χ3v) is 8.16. The van der Waals surface area contributed by atoms with Gasteiger partial charge in [0.2, 0.25) is 0 Å². The Kier molecular flexibility index (Phi) is 12.8. The topological polar surface area (TPSA) is 102 Å². The summed E-state index contributed by atoms with van der Waals surface area (Å²) in [6.07, 6.45) is 0.993. The SMILES string of the molecule is COC1OC2COC(c3ccccc3)OC2[C@@H](N=Cc2cccc(C(C)(C)C)c2O)[C@@H]1N=Cc1cccc(C(C)(C)C)c1O.F[P-](F)(F)(F)(F)F.[Mn]. The second-order valence-corrected chi connectivity index (χ2v) is 16.4. The fourth-order valence-corrected chi connectivity index (χ4v) is 5.76. The standard InChI is InChI=1S/C36H44N2O6.F6P.Mn/c1-35(2,3)25-17-11-15-23(30(25)39)19-37-28-29(38-20-24-16-12-18-26(31(24)40)36(4,5)6)34(41-7)43-27-21-42-33(44-32(27)28)22-13-9-8-10-14-22;1-7(2,3,4,5)6;/h8-20,27-29,32-34,39-40H,21H2,1-7H3;;/q;-1;/t27?,28-,29-,32?,33?,34?;;/m0../s1. The molecule has 2 aliphatic heterocycles. The van der Waals surface area contributed by atoms with E-state index in [2.05, 4.69) is 41.5 Å². The Hall–Kier alpha value is -3.03. The van der Waals surface area contributed by atoms with E-state index in [1.165, 1.54) is 0 Å². The van der Waals surface area contributed by atoms with Crippen LogP contribution in [0.3, 0.4) is 0 Å². The zero-order valence-electron chi connectivity index (χ0n) is 29.7. The van der Waals surface area contributed by atoms with Gasteiger partial charge in [0.05, 0.1) is 6.61 Å². The summed E-state index contributed by atoms with van der Waals surface area (Å²) in [6, 6.07) is 19.9. The Morgan fingerprint density at radius 1 is 0.712 bits per heavy atom. The first kappa shape index (κ1) is 43.4. The van der Waals surface area contributed by atoms with Crippen LogP contribution in [0.1, 0.15) is 75.6 Å². The van der Waals surface area contributed by atoms with Gasteiger partial charge in [0.25, 0.3) is 0 Å². The van der Waals surface area contributed by atoms with Gasteiger partial charge in [0, 0.05) is 53.3 Å². The summed E-state index contributed by atoms with van der Waals surface area (Å²) in [5.74, 6) is 0.373. The molecular weight excluding hydrogens is 756 g/mol. The second kappa shape index (κ2) is 15.4. The monoisotopic (exact) mass is 800 g/mol. The van der Waals surface area contributed by atoms with Gasteiger partial charge < -0.3 is 29.2 Å². The van der Waals surface area contributed by atoms with Crippen LogP contribution in [0.15, 0.2) is 76.7 Å². The van der Waals surface area contributed by atoms with E-state index in [1.807, 2.05) is 66.7 Å². The number of aliphatic imine (C=N–C) groups is 2. The Morgan fingerprint density at radius 3 is 1.62 bits per heavy atom. The average molecular weight is 801 g/mol. The number of rotatable bonds is 6. The van der Waals surface area contributed by atoms with Gasteiger partial charge >= 0.3 is 33.0 Å². The summed E-state index contributed by atoms with van der Waals surface area (Å²) < 4.78 is 83.9. The molecule has 16 heteroatoms. The molecule has 2 aliphatic rings. The average Bonchev–Trinajstić information content (AvgIpc) is 3.01. The molecule has 0 saturated carbocycles. The number of aromatic hydroxyl groups is 2. The summed E-state index contributed by atoms with van der Waals surface area (Å²) >= 11 is 0. The van der Waals surface area contributed by atoms with Crippen LogP contribution in [-0.2, 0) is 46.8 Å². The van der Waals surface area contributed by atoms with Crippen LogP contribution in [0.2, 0.25) is 0 Å². The zero-order valence-corrected chi connectivity index (χ0v) is 31.8. The molecule has 2 fully saturated rings. The molecule has 2 N–H and O–H groups in total. The molecule has 0 bridgehead atoms. The van der Waals surface area contributed by atoms with Crippen molar-refractivity contribution >= 4 is 20.2 Å². The number of methoxy groups -OCH3 is 1. The zero-order chi connectivity index (χ0) is 38.1. The van der Waals surface area contributed by atoms with Crippen molar-refractivity contribution in [2.75, 3.05) is 13.7 Å². The van der Waals surface area contributed by atoms with Crippen molar-refractivity contribution in [1.82, 2.24) is 0 Å². The van der Waals surface area contributed by atoms with Crippen LogP contribution in [0.25, 0.3) is 0 Å². The smallest absolute Gasteiger partial charge is 0 e. The van der Waals surface area contributed by atoms with Gasteiger partial charge in [0.15, 0.2) is 12.6 Å². The molecule has 1 radical (unpaired) electrons. The van der Waals surface area contributed by atoms with E-state index in [9.17, 15) is 35.4 Å². The number of phenols is 2. The van der Waals surface area contributed by atoms with Crippen LogP contribution >= 0.6 is 7.81 Å². The van der Waals surface area contributed by atoms with E-state index in [0.717, 1.165) is 16.7 Å². The minimum atomic E-state index is -10.7. The molecule has 0 spiro atoms. The predicted octanol–water partition coefficient (Wildman–Crippen LogP) is 9.83. The fraction of sp³-hybridized carbons (Fsp3) is 0.444. The van der Waals surface area contributed by atoms with Crippen molar-refractivity contribution < 1.29 is 71.4 Å². The molecule has 0 aromatic heterocycles. The van der Waals surface area contributed by atoms with Gasteiger partial charge in [-0.15, -0.1) is 0 Å². The van der Waals surface area contributed by atoms with Crippen LogP contribution < -0.4 is 0 Å². The number of halogens is 6. The molecule has 2 heterocycles. The number of para-hydroxylation sites is 2. The quantitative estimate of drug-likeness (QED) is 0.111. The Morgan fingerprint density at radius 2 is 1.17 bits per heavy atom. The second-order valence-electron chi connectivity index (χ2n) is 14.4. The van der Waals surface area contributed by atoms with Gasteiger partial charge in [-0.25, -0.2) is 0 Å². The minimum absolute atomic E-state index is 0. The predicted molar refractivity (Wildman–Crippen MR) is 186 cm³/mol. The van der Waals surface area contributed by atoms with E-state index >= 15 is 0 Å². The third-order valence-electron chi connectivity index (χ3n) is 8.16. The Labute approximate surface area is 310 Å². The van der Waals surface area contributed by atoms with E-state index in [0.29, 0.717) is 11.1 Å². The van der Waals surface area contributed by atoms with E-state index < -0.39 is 44.7 Å². The van der Waals surface area contributed by atoms with Gasteiger partial charge in [0.1, 0.15) is 35.8 Å². The number of nitrogens with zero attached hydrogens (tertiary/aromatic N) is 2. The molecule has 52 heavy (non-hydrogen) atoms. The number of hydrogen-bond acceptors (Lipinski definition) is 8. The maximum Gasteiger partial charge on any atom is 0 e. The van der Waals surface area contributed by atoms with Crippen molar-refractivity contribution in [3.05, 3.63) is 94.5 Å². The number of phenolic OH excluding ortho intramolecular Hbond substituents is 2. The van der Waals surface area contributed by atoms with Crippen molar-refractivity contribution in [3.63, 3.8) is 0 Å². The molecule has 0 aliphatic carbocycles. The molecule has 8 nitrogen and oxygen atoms in total. The molecular formula is C36H44F6MnN2O6P-. The molecule has 6 atom stereocenters. The number of fused-ring (bicyclic) bond motifs is 1. The summed E-state index contributed by atoms with van der Waals surface area (Å²) in [5, 5.41) is 22.3. The van der Waals surface area contributed by atoms with Crippen LogP contribution in [-0.4, -0.2) is 66.9 Å². The van der Waals surface area contributed by atoms with E-state index in [1.54, 1.807) is 19.5 Å². The third kappa shape index (κ3) is 12.3. The maximum absolute atomic E-state index is 11.2. The Balaban J connectivity index is 0.000000828. The molecule has 3 aromatic carbocycles. The van der Waals surface area contributed by atoms with Gasteiger partial charge in [-0.2, -0.15) is 0 Å². The molecule has 289 valence electrons. The molecule has 4 unspecified atom stereocenters. The van der Waals surface area contributed by atoms with Crippen LogP contribution in [0.5, 0.6) is 11.5 Å². The van der Waals surface area contributed by atoms with Crippen LogP contribution in [0.4, 0.5) is 25.2 Å². The molecule has 5 rings (SSSR count). The summed E-state index contributed by atoms with van der Waals surface area (Å²) in [4.78, 5) is 9.94. The molecule has 0 amide bonds. The molecule has 2 saturated heterocycles. The summed E-state index contributed by atoms with van der Waals surface area (Å²) in [7, 11) is -9.09. The number of benzene rings is 3. The minimum Gasteiger partial charge on any atom is 0 e. The maximum atomic E-state index is 11.2. The normalized spacial score (nSPS) is 25.3. The van der Waals surface area contributed by atoms with E-state index in [4.69, 9.17) is 28.9 Å². The fourth-order valence-electron chi connectivity index (χ4n) is 5.76. The van der Waals surface area contributed by atoms with E-state index in [-0.39, 0.29) is 46.0 Å². The van der Waals surface area contributed by atoms with Crippen LogP contribution in [0, 0.1) is 0 Å². The first-order valence-corrected chi connectivity index (χ1v) is 18.1. The largest absolute Gasteiger partial charge is 0 e. The number of ether oxygens (including phenoxy) is 4. The van der Waals surface area contributed by atoms with Crippen molar-refractivity contribution in [2.45, 2.75) is 89.2 Å². The van der Waals surface area contributed by atoms with Crippen molar-refractivity contribution in [2.24, 2.45) is 9.98 Å². The first-order valence-electron chi connectivity index (χ1n) is 16.1. The summed E-state index contributed by atoms with van der Waals surface area (Å²) in [6.45, 7) is 12.6. The summed E-state index contributed by atoms with van der Waals surface area (Å²) in [5.41, 5.74) is 3.23. The van der Waals surface area contributed by atoms with Gasteiger partial charge in [-0.05, 0) is 34.1 Å². The van der Waals surface area contributed by atoms with Gasteiger partial charge in [-0.3, -0.25) is 9.98 Å². The Bertz CT molecular complexity index is 1720. The molecule has 3 aromatic rings. The van der Waals surface area contributed by atoms with Gasteiger partial charge in [-0.1, -0.05) is 96.1 Å². The first-order chi connectivity index (χ1) is 23.3. The van der Waals surface area contributed by atoms with Crippen molar-refractivity contribution in [3.8, 4) is 11.5 Å². The number of hydrogen-bond donors (Lipinski definition) is 2. The van der Waals surface area contributed by atoms with Crippen molar-refractivity contribution in [1.29, 1.82) is 0 Å².